The first-order chi connectivity index (χ1) is 21.2. The number of piperazine rings is 1. The number of nitrogens with zero attached hydrogens (tertiary/aromatic N) is 4. The number of hydrogen-bond donors (Lipinski definition) is 0. The Bertz CT molecular complexity index is 1540. The number of para-hydroxylation sites is 2. The van der Waals surface area contributed by atoms with Crippen LogP contribution < -0.4 is 9.64 Å². The SMILES string of the molecule is COc1ccccc1N1CCN(C2CN(C(=O)c3ccc4c(c3)cc(Cc3ccccc3)n4CC3CCCCC3)C2)CC1. The lowest BCUT2D eigenvalue weighted by Gasteiger charge is -2.48. The molecule has 1 amide bonds. The Morgan fingerprint density at radius 1 is 0.837 bits per heavy atom. The summed E-state index contributed by atoms with van der Waals surface area (Å²) in [7, 11) is 1.74. The van der Waals surface area contributed by atoms with Crippen molar-refractivity contribution in [1.29, 1.82) is 0 Å². The van der Waals surface area contributed by atoms with Gasteiger partial charge in [-0.1, -0.05) is 61.7 Å². The fourth-order valence-electron chi connectivity index (χ4n) is 7.51. The van der Waals surface area contributed by atoms with Gasteiger partial charge in [0.25, 0.3) is 5.91 Å². The molecule has 3 aromatic carbocycles. The molecule has 2 saturated heterocycles. The average Bonchev–Trinajstić information content (AvgIpc) is 3.37. The molecule has 1 aromatic heterocycles. The molecule has 43 heavy (non-hydrogen) atoms. The third kappa shape index (κ3) is 5.90. The van der Waals surface area contributed by atoms with Gasteiger partial charge in [0.15, 0.2) is 0 Å². The molecule has 1 saturated carbocycles. The monoisotopic (exact) mass is 576 g/mol. The number of hydrogen-bond acceptors (Lipinski definition) is 4. The molecule has 2 aliphatic heterocycles. The quantitative estimate of drug-likeness (QED) is 0.241. The molecule has 3 heterocycles. The highest BCUT2D eigenvalue weighted by molar-refractivity contribution is 5.99. The minimum absolute atomic E-state index is 0.162. The van der Waals surface area contributed by atoms with Crippen molar-refractivity contribution in [2.75, 3.05) is 51.3 Å². The highest BCUT2D eigenvalue weighted by Gasteiger charge is 2.36. The van der Waals surface area contributed by atoms with E-state index in [0.717, 1.165) is 69.5 Å². The summed E-state index contributed by atoms with van der Waals surface area (Å²) in [6.45, 7) is 6.68. The Labute approximate surface area is 255 Å². The molecule has 7 rings (SSSR count). The van der Waals surface area contributed by atoms with E-state index in [9.17, 15) is 4.79 Å². The number of amides is 1. The maximum absolute atomic E-state index is 13.6. The zero-order valence-corrected chi connectivity index (χ0v) is 25.5. The van der Waals surface area contributed by atoms with E-state index in [1.54, 1.807) is 7.11 Å². The summed E-state index contributed by atoms with van der Waals surface area (Å²) in [5, 5.41) is 1.19. The van der Waals surface area contributed by atoms with Crippen LogP contribution in [0.2, 0.25) is 0 Å². The maximum atomic E-state index is 13.6. The molecule has 3 aliphatic rings. The first-order valence-electron chi connectivity index (χ1n) is 16.2. The van der Waals surface area contributed by atoms with E-state index in [4.69, 9.17) is 4.74 Å². The van der Waals surface area contributed by atoms with Gasteiger partial charge in [-0.15, -0.1) is 0 Å². The zero-order valence-electron chi connectivity index (χ0n) is 25.5. The Hall–Kier alpha value is -3.77. The number of benzene rings is 3. The van der Waals surface area contributed by atoms with Gasteiger partial charge >= 0.3 is 0 Å². The van der Waals surface area contributed by atoms with Gasteiger partial charge < -0.3 is 19.1 Å². The smallest absolute Gasteiger partial charge is 0.253 e. The number of methoxy groups -OCH3 is 1. The summed E-state index contributed by atoms with van der Waals surface area (Å²) in [5.74, 6) is 1.84. The van der Waals surface area contributed by atoms with E-state index in [-0.39, 0.29) is 5.91 Å². The fourth-order valence-corrected chi connectivity index (χ4v) is 7.51. The van der Waals surface area contributed by atoms with Crippen LogP contribution in [0.4, 0.5) is 5.69 Å². The standard InChI is InChI=1S/C37H44N4O2/c1-43-36-15-9-8-14-35(36)39-20-18-38(19-21-39)33-26-40(27-33)37(42)30-16-17-34-31(23-30)24-32(22-28-10-4-2-5-11-28)41(34)25-29-12-6-3-7-13-29/h2,4-5,8-11,14-17,23-24,29,33H,3,6-7,12-13,18-22,25-27H2,1H3. The molecule has 6 nitrogen and oxygen atoms in total. The number of fused-ring (bicyclic) bond motifs is 1. The molecule has 0 unspecified atom stereocenters. The zero-order chi connectivity index (χ0) is 29.2. The molecule has 6 heteroatoms. The number of ether oxygens (including phenoxy) is 1. The molecular formula is C37H44N4O2. The number of likely N-dealkylation sites (tertiary alicyclic amines) is 1. The molecular weight excluding hydrogens is 532 g/mol. The summed E-state index contributed by atoms with van der Waals surface area (Å²) in [6, 6.07) is 28.2. The van der Waals surface area contributed by atoms with Crippen LogP contribution in [0.25, 0.3) is 10.9 Å². The van der Waals surface area contributed by atoms with E-state index in [1.807, 2.05) is 17.0 Å². The largest absolute Gasteiger partial charge is 0.495 e. The van der Waals surface area contributed by atoms with Crippen LogP contribution >= 0.6 is 0 Å². The van der Waals surface area contributed by atoms with Crippen molar-refractivity contribution in [2.45, 2.75) is 51.1 Å². The lowest BCUT2D eigenvalue weighted by Crippen LogP contribution is -2.64. The maximum Gasteiger partial charge on any atom is 0.253 e. The Balaban J connectivity index is 1.01. The number of carbonyl (C=O) groups excluding carboxylic acids is 1. The van der Waals surface area contributed by atoms with Crippen molar-refractivity contribution in [3.63, 3.8) is 0 Å². The van der Waals surface area contributed by atoms with Crippen molar-refractivity contribution in [3.05, 3.63) is 95.7 Å². The second kappa shape index (κ2) is 12.5. The minimum Gasteiger partial charge on any atom is -0.495 e. The second-order valence-electron chi connectivity index (χ2n) is 12.7. The van der Waals surface area contributed by atoms with Crippen LogP contribution in [0, 0.1) is 5.92 Å². The molecule has 0 spiro atoms. The molecule has 0 radical (unpaired) electrons. The van der Waals surface area contributed by atoms with Crippen molar-refractivity contribution in [3.8, 4) is 5.75 Å². The molecule has 0 N–H and O–H groups in total. The molecule has 0 atom stereocenters. The van der Waals surface area contributed by atoms with Crippen LogP contribution in [-0.4, -0.2) is 72.7 Å². The third-order valence-corrected chi connectivity index (χ3v) is 10.0. The van der Waals surface area contributed by atoms with Crippen LogP contribution in [0.15, 0.2) is 78.9 Å². The molecule has 0 bridgehead atoms. The third-order valence-electron chi connectivity index (χ3n) is 10.0. The first kappa shape index (κ1) is 28.0. The van der Waals surface area contributed by atoms with Gasteiger partial charge in [0, 0.05) is 80.4 Å². The molecule has 224 valence electrons. The van der Waals surface area contributed by atoms with Crippen molar-refractivity contribution in [1.82, 2.24) is 14.4 Å². The lowest BCUT2D eigenvalue weighted by molar-refractivity contribution is 0.0246. The van der Waals surface area contributed by atoms with Gasteiger partial charge in [-0.2, -0.15) is 0 Å². The highest BCUT2D eigenvalue weighted by atomic mass is 16.5. The van der Waals surface area contributed by atoms with Crippen LogP contribution in [0.5, 0.6) is 5.75 Å². The van der Waals surface area contributed by atoms with Gasteiger partial charge in [-0.3, -0.25) is 9.69 Å². The Kier molecular flexibility index (Phi) is 8.12. The van der Waals surface area contributed by atoms with Crippen LogP contribution in [0.3, 0.4) is 0 Å². The van der Waals surface area contributed by atoms with E-state index < -0.39 is 0 Å². The summed E-state index contributed by atoms with van der Waals surface area (Å²) in [6.07, 6.45) is 7.65. The van der Waals surface area contributed by atoms with Gasteiger partial charge in [0.05, 0.1) is 12.8 Å². The Morgan fingerprint density at radius 2 is 1.58 bits per heavy atom. The molecule has 1 aliphatic carbocycles. The van der Waals surface area contributed by atoms with Crippen molar-refractivity contribution < 1.29 is 9.53 Å². The van der Waals surface area contributed by atoms with Gasteiger partial charge in [-0.05, 0) is 60.7 Å². The van der Waals surface area contributed by atoms with Gasteiger partial charge in [0.2, 0.25) is 0 Å². The highest BCUT2D eigenvalue weighted by Crippen LogP contribution is 2.32. The summed E-state index contributed by atoms with van der Waals surface area (Å²) < 4.78 is 8.13. The second-order valence-corrected chi connectivity index (χ2v) is 12.7. The van der Waals surface area contributed by atoms with E-state index in [1.165, 1.54) is 60.0 Å². The number of rotatable bonds is 8. The number of carbonyl (C=O) groups is 1. The van der Waals surface area contributed by atoms with E-state index in [0.29, 0.717) is 6.04 Å². The molecule has 4 aromatic rings. The lowest BCUT2D eigenvalue weighted by atomic mass is 9.89. The van der Waals surface area contributed by atoms with Crippen LogP contribution in [0.1, 0.15) is 53.7 Å². The van der Waals surface area contributed by atoms with Gasteiger partial charge in [0.1, 0.15) is 5.75 Å². The predicted molar refractivity (Wildman–Crippen MR) is 174 cm³/mol. The summed E-state index contributed by atoms with van der Waals surface area (Å²) >= 11 is 0. The predicted octanol–water partition coefficient (Wildman–Crippen LogP) is 6.47. The van der Waals surface area contributed by atoms with Crippen molar-refractivity contribution in [2.24, 2.45) is 5.92 Å². The summed E-state index contributed by atoms with van der Waals surface area (Å²) in [4.78, 5) is 20.6. The van der Waals surface area contributed by atoms with E-state index >= 15 is 0 Å². The number of anilines is 1. The Morgan fingerprint density at radius 3 is 2.35 bits per heavy atom. The van der Waals surface area contributed by atoms with Gasteiger partial charge in [-0.25, -0.2) is 0 Å². The van der Waals surface area contributed by atoms with E-state index in [2.05, 4.69) is 81.1 Å². The normalized spacial score (nSPS) is 18.6. The molecule has 3 fully saturated rings. The average molecular weight is 577 g/mol. The topological polar surface area (TPSA) is 41.0 Å². The van der Waals surface area contributed by atoms with Crippen LogP contribution in [-0.2, 0) is 13.0 Å². The number of aromatic nitrogens is 1. The fraction of sp³-hybridized carbons (Fsp3) is 0.432. The summed E-state index contributed by atoms with van der Waals surface area (Å²) in [5.41, 5.74) is 5.94. The van der Waals surface area contributed by atoms with Crippen molar-refractivity contribution >= 4 is 22.5 Å². The minimum atomic E-state index is 0.162. The first-order valence-corrected chi connectivity index (χ1v) is 16.2.